The maximum Gasteiger partial charge on any atom is 0.239 e. The van der Waals surface area contributed by atoms with Crippen molar-refractivity contribution in [1.82, 2.24) is 9.80 Å². The monoisotopic (exact) mass is 232 g/mol. The summed E-state index contributed by atoms with van der Waals surface area (Å²) in [6.07, 6.45) is 2.11. The zero-order valence-electron chi connectivity index (χ0n) is 10.6. The second-order valence-electron chi connectivity index (χ2n) is 4.85. The molecule has 1 aliphatic heterocycles. The predicted octanol–water partition coefficient (Wildman–Crippen LogP) is 1.74. The van der Waals surface area contributed by atoms with Crippen molar-refractivity contribution < 1.29 is 4.79 Å². The van der Waals surface area contributed by atoms with Gasteiger partial charge in [-0.1, -0.05) is 30.3 Å². The molecule has 0 bridgehead atoms. The first-order chi connectivity index (χ1) is 8.18. The van der Waals surface area contributed by atoms with Crippen LogP contribution in [0, 0.1) is 0 Å². The van der Waals surface area contributed by atoms with E-state index in [4.69, 9.17) is 0 Å². The number of carbonyl (C=O) groups is 1. The number of amides is 1. The lowest BCUT2D eigenvalue weighted by Gasteiger charge is -2.26. The van der Waals surface area contributed by atoms with E-state index in [9.17, 15) is 4.79 Å². The lowest BCUT2D eigenvalue weighted by molar-refractivity contribution is -0.133. The van der Waals surface area contributed by atoms with Crippen molar-refractivity contribution in [2.75, 3.05) is 20.6 Å². The second-order valence-corrected chi connectivity index (χ2v) is 4.85. The molecule has 92 valence electrons. The van der Waals surface area contributed by atoms with Gasteiger partial charge in [-0.3, -0.25) is 9.69 Å². The summed E-state index contributed by atoms with van der Waals surface area (Å²) in [6.45, 7) is 1.91. The minimum Gasteiger partial charge on any atom is -0.347 e. The largest absolute Gasteiger partial charge is 0.347 e. The number of hydrogen-bond acceptors (Lipinski definition) is 2. The number of nitrogens with zero attached hydrogens (tertiary/aromatic N) is 2. The SMILES string of the molecule is CN(C)C(=O)[C@@H]1CCCN1Cc1ccccc1. The highest BCUT2D eigenvalue weighted by molar-refractivity contribution is 5.81. The molecule has 0 aromatic heterocycles. The van der Waals surface area contributed by atoms with Crippen molar-refractivity contribution in [2.24, 2.45) is 0 Å². The van der Waals surface area contributed by atoms with Crippen molar-refractivity contribution in [2.45, 2.75) is 25.4 Å². The van der Waals surface area contributed by atoms with Crippen LogP contribution in [0.3, 0.4) is 0 Å². The van der Waals surface area contributed by atoms with E-state index in [1.54, 1.807) is 4.90 Å². The molecule has 0 radical (unpaired) electrons. The Morgan fingerprint density at radius 3 is 2.71 bits per heavy atom. The van der Waals surface area contributed by atoms with E-state index in [0.29, 0.717) is 0 Å². The van der Waals surface area contributed by atoms with E-state index in [1.807, 2.05) is 32.3 Å². The quantitative estimate of drug-likeness (QED) is 0.792. The van der Waals surface area contributed by atoms with Crippen LogP contribution < -0.4 is 0 Å². The van der Waals surface area contributed by atoms with Gasteiger partial charge in [0.15, 0.2) is 0 Å². The Bertz CT molecular complexity index is 375. The van der Waals surface area contributed by atoms with E-state index in [-0.39, 0.29) is 11.9 Å². The van der Waals surface area contributed by atoms with Crippen LogP contribution in [0.2, 0.25) is 0 Å². The molecule has 1 heterocycles. The Morgan fingerprint density at radius 1 is 1.35 bits per heavy atom. The normalized spacial score (nSPS) is 20.5. The summed E-state index contributed by atoms with van der Waals surface area (Å²) in [4.78, 5) is 16.0. The summed E-state index contributed by atoms with van der Waals surface area (Å²) in [5, 5.41) is 0. The van der Waals surface area contributed by atoms with Crippen molar-refractivity contribution in [3.05, 3.63) is 35.9 Å². The molecule has 1 aromatic carbocycles. The van der Waals surface area contributed by atoms with Gasteiger partial charge < -0.3 is 4.90 Å². The molecule has 1 aliphatic rings. The lowest BCUT2D eigenvalue weighted by atomic mass is 10.1. The Labute approximate surface area is 103 Å². The van der Waals surface area contributed by atoms with Gasteiger partial charge in [-0.25, -0.2) is 0 Å². The molecule has 1 atom stereocenters. The maximum atomic E-state index is 12.0. The standard InChI is InChI=1S/C14H20N2O/c1-15(2)14(17)13-9-6-10-16(13)11-12-7-4-3-5-8-12/h3-5,7-8,13H,6,9-11H2,1-2H3/t13-/m0/s1. The van der Waals surface area contributed by atoms with Crippen molar-refractivity contribution in [3.8, 4) is 0 Å². The number of hydrogen-bond donors (Lipinski definition) is 0. The number of carbonyl (C=O) groups excluding carboxylic acids is 1. The molecule has 0 unspecified atom stereocenters. The zero-order valence-corrected chi connectivity index (χ0v) is 10.6. The number of benzene rings is 1. The molecule has 1 fully saturated rings. The molecule has 3 heteroatoms. The van der Waals surface area contributed by atoms with Gasteiger partial charge in [0, 0.05) is 20.6 Å². The van der Waals surface area contributed by atoms with Crippen LogP contribution in [-0.2, 0) is 11.3 Å². The third kappa shape index (κ3) is 2.86. The summed E-state index contributed by atoms with van der Waals surface area (Å²) in [6, 6.07) is 10.4. The third-order valence-corrected chi connectivity index (χ3v) is 3.32. The smallest absolute Gasteiger partial charge is 0.239 e. The summed E-state index contributed by atoms with van der Waals surface area (Å²) in [5.74, 6) is 0.235. The Kier molecular flexibility index (Phi) is 3.79. The molecule has 1 saturated heterocycles. The van der Waals surface area contributed by atoms with Crippen molar-refractivity contribution >= 4 is 5.91 Å². The van der Waals surface area contributed by atoms with Crippen LogP contribution in [0.1, 0.15) is 18.4 Å². The van der Waals surface area contributed by atoms with Crippen LogP contribution in [0.4, 0.5) is 0 Å². The summed E-state index contributed by atoms with van der Waals surface area (Å²) in [7, 11) is 3.67. The summed E-state index contributed by atoms with van der Waals surface area (Å²) < 4.78 is 0. The maximum absolute atomic E-state index is 12.0. The van der Waals surface area contributed by atoms with Crippen molar-refractivity contribution in [1.29, 1.82) is 0 Å². The topological polar surface area (TPSA) is 23.6 Å². The fourth-order valence-corrected chi connectivity index (χ4v) is 2.41. The molecular formula is C14H20N2O. The van der Waals surface area contributed by atoms with E-state index < -0.39 is 0 Å². The van der Waals surface area contributed by atoms with E-state index in [1.165, 1.54) is 5.56 Å². The predicted molar refractivity (Wildman–Crippen MR) is 68.6 cm³/mol. The highest BCUT2D eigenvalue weighted by Gasteiger charge is 2.31. The van der Waals surface area contributed by atoms with Gasteiger partial charge in [-0.2, -0.15) is 0 Å². The van der Waals surface area contributed by atoms with Gasteiger partial charge in [0.1, 0.15) is 0 Å². The van der Waals surface area contributed by atoms with Crippen molar-refractivity contribution in [3.63, 3.8) is 0 Å². The Morgan fingerprint density at radius 2 is 2.06 bits per heavy atom. The Hall–Kier alpha value is -1.35. The van der Waals surface area contributed by atoms with Gasteiger partial charge in [-0.05, 0) is 24.9 Å². The zero-order chi connectivity index (χ0) is 12.3. The first-order valence-corrected chi connectivity index (χ1v) is 6.17. The van der Waals surface area contributed by atoms with Gasteiger partial charge >= 0.3 is 0 Å². The highest BCUT2D eigenvalue weighted by atomic mass is 16.2. The van der Waals surface area contributed by atoms with Crippen LogP contribution in [0.15, 0.2) is 30.3 Å². The first kappa shape index (κ1) is 12.1. The van der Waals surface area contributed by atoms with Crippen LogP contribution in [0.5, 0.6) is 0 Å². The van der Waals surface area contributed by atoms with Crippen LogP contribution in [-0.4, -0.2) is 42.4 Å². The average Bonchev–Trinajstić information content (AvgIpc) is 2.77. The van der Waals surface area contributed by atoms with Crippen LogP contribution in [0.25, 0.3) is 0 Å². The highest BCUT2D eigenvalue weighted by Crippen LogP contribution is 2.21. The Balaban J connectivity index is 2.03. The number of likely N-dealkylation sites (N-methyl/N-ethyl adjacent to an activating group) is 1. The van der Waals surface area contributed by atoms with E-state index >= 15 is 0 Å². The van der Waals surface area contributed by atoms with E-state index in [2.05, 4.69) is 17.0 Å². The molecule has 1 amide bonds. The third-order valence-electron chi connectivity index (χ3n) is 3.32. The van der Waals surface area contributed by atoms with Gasteiger partial charge in [0.25, 0.3) is 0 Å². The van der Waals surface area contributed by atoms with Gasteiger partial charge in [-0.15, -0.1) is 0 Å². The van der Waals surface area contributed by atoms with Crippen LogP contribution >= 0.6 is 0 Å². The number of rotatable bonds is 3. The molecule has 0 N–H and O–H groups in total. The molecule has 2 rings (SSSR count). The minimum atomic E-state index is 0.0743. The molecular weight excluding hydrogens is 212 g/mol. The van der Waals surface area contributed by atoms with Gasteiger partial charge in [0.2, 0.25) is 5.91 Å². The molecule has 0 aliphatic carbocycles. The fraction of sp³-hybridized carbons (Fsp3) is 0.500. The number of likely N-dealkylation sites (tertiary alicyclic amines) is 1. The molecule has 17 heavy (non-hydrogen) atoms. The molecule has 0 spiro atoms. The minimum absolute atomic E-state index is 0.0743. The van der Waals surface area contributed by atoms with E-state index in [0.717, 1.165) is 25.9 Å². The lowest BCUT2D eigenvalue weighted by Crippen LogP contribution is -2.42. The fourth-order valence-electron chi connectivity index (χ4n) is 2.41. The average molecular weight is 232 g/mol. The molecule has 0 saturated carbocycles. The second kappa shape index (κ2) is 5.32. The first-order valence-electron chi connectivity index (χ1n) is 6.17. The van der Waals surface area contributed by atoms with Gasteiger partial charge in [0.05, 0.1) is 6.04 Å². The summed E-state index contributed by atoms with van der Waals surface area (Å²) >= 11 is 0. The molecule has 3 nitrogen and oxygen atoms in total. The summed E-state index contributed by atoms with van der Waals surface area (Å²) in [5.41, 5.74) is 1.28. The molecule has 1 aromatic rings.